The van der Waals surface area contributed by atoms with Gasteiger partial charge in [-0.25, -0.2) is 0 Å². The van der Waals surface area contributed by atoms with Crippen molar-refractivity contribution in [3.05, 3.63) is 0 Å². The lowest BCUT2D eigenvalue weighted by Crippen LogP contribution is -2.14. The van der Waals surface area contributed by atoms with Gasteiger partial charge in [0.15, 0.2) is 0 Å². The standard InChI is InChI=1S/C5H6ClF3O/c6-2-1-4(10)3-5(7,8)9/h1-3H2. The molecular formula is C5H6ClF3O. The highest BCUT2D eigenvalue weighted by Gasteiger charge is 2.30. The quantitative estimate of drug-likeness (QED) is 0.599. The summed E-state index contributed by atoms with van der Waals surface area (Å²) < 4.78 is 34.1. The van der Waals surface area contributed by atoms with E-state index in [1.807, 2.05) is 0 Å². The number of hydrogen-bond acceptors (Lipinski definition) is 1. The van der Waals surface area contributed by atoms with E-state index in [1.54, 1.807) is 0 Å². The lowest BCUT2D eigenvalue weighted by atomic mass is 10.2. The van der Waals surface area contributed by atoms with Gasteiger partial charge in [0.1, 0.15) is 12.2 Å². The van der Waals surface area contributed by atoms with Crippen LogP contribution in [0.1, 0.15) is 12.8 Å². The molecule has 0 aromatic heterocycles. The fourth-order valence-electron chi connectivity index (χ4n) is 0.417. The first kappa shape index (κ1) is 9.75. The van der Waals surface area contributed by atoms with Gasteiger partial charge in [0.25, 0.3) is 0 Å². The van der Waals surface area contributed by atoms with E-state index in [9.17, 15) is 18.0 Å². The number of hydrogen-bond donors (Lipinski definition) is 0. The number of ketones is 1. The molecule has 10 heavy (non-hydrogen) atoms. The summed E-state index contributed by atoms with van der Waals surface area (Å²) in [6.07, 6.45) is -5.95. The van der Waals surface area contributed by atoms with Crippen LogP contribution in [-0.2, 0) is 4.79 Å². The first-order valence-electron chi connectivity index (χ1n) is 2.60. The summed E-state index contributed by atoms with van der Waals surface area (Å²) in [5.41, 5.74) is 0. The maximum Gasteiger partial charge on any atom is 0.395 e. The van der Waals surface area contributed by atoms with Crippen LogP contribution in [0.15, 0.2) is 0 Å². The van der Waals surface area contributed by atoms with Gasteiger partial charge in [-0.05, 0) is 0 Å². The molecule has 0 radical (unpaired) electrons. The van der Waals surface area contributed by atoms with Crippen molar-refractivity contribution in [2.24, 2.45) is 0 Å². The summed E-state index contributed by atoms with van der Waals surface area (Å²) in [6, 6.07) is 0. The molecule has 0 bridgehead atoms. The van der Waals surface area contributed by atoms with Crippen LogP contribution in [-0.4, -0.2) is 17.8 Å². The number of carbonyl (C=O) groups is 1. The number of Topliss-reactive ketones (excluding diaryl/α,β-unsaturated/α-hetero) is 1. The minimum absolute atomic E-state index is 0.0467. The van der Waals surface area contributed by atoms with Crippen molar-refractivity contribution in [3.63, 3.8) is 0 Å². The highest BCUT2D eigenvalue weighted by molar-refractivity contribution is 6.19. The summed E-state index contributed by atoms with van der Waals surface area (Å²) in [6.45, 7) is 0. The van der Waals surface area contributed by atoms with E-state index < -0.39 is 18.4 Å². The number of halogens is 4. The largest absolute Gasteiger partial charge is 0.395 e. The van der Waals surface area contributed by atoms with Gasteiger partial charge in [0.05, 0.1) is 0 Å². The van der Waals surface area contributed by atoms with Crippen molar-refractivity contribution in [1.82, 2.24) is 0 Å². The average Bonchev–Trinajstić information content (AvgIpc) is 1.59. The van der Waals surface area contributed by atoms with E-state index in [2.05, 4.69) is 0 Å². The molecule has 0 atom stereocenters. The molecule has 0 aromatic carbocycles. The van der Waals surface area contributed by atoms with Gasteiger partial charge in [-0.15, -0.1) is 11.6 Å². The zero-order valence-electron chi connectivity index (χ0n) is 5.04. The van der Waals surface area contributed by atoms with Gasteiger partial charge < -0.3 is 0 Å². The minimum Gasteiger partial charge on any atom is -0.299 e. The summed E-state index contributed by atoms with van der Waals surface area (Å²) in [5, 5.41) is 0. The summed E-state index contributed by atoms with van der Waals surface area (Å²) >= 11 is 5.04. The molecule has 0 aliphatic carbocycles. The van der Waals surface area contributed by atoms with Gasteiger partial charge in [-0.2, -0.15) is 13.2 Å². The Balaban J connectivity index is 3.58. The Morgan fingerprint density at radius 2 is 1.90 bits per heavy atom. The SMILES string of the molecule is O=C(CCCl)CC(F)(F)F. The zero-order chi connectivity index (χ0) is 8.20. The Morgan fingerprint density at radius 1 is 1.40 bits per heavy atom. The molecule has 0 unspecified atom stereocenters. The molecule has 0 heterocycles. The third-order valence-corrected chi connectivity index (χ3v) is 0.960. The van der Waals surface area contributed by atoms with Crippen molar-refractivity contribution in [1.29, 1.82) is 0 Å². The van der Waals surface area contributed by atoms with Crippen LogP contribution in [0.5, 0.6) is 0 Å². The molecule has 0 amide bonds. The molecule has 0 aromatic rings. The van der Waals surface area contributed by atoms with E-state index >= 15 is 0 Å². The summed E-state index contributed by atoms with van der Waals surface area (Å²) in [4.78, 5) is 10.3. The Kier molecular flexibility index (Phi) is 3.71. The second-order valence-electron chi connectivity index (χ2n) is 1.77. The molecule has 0 saturated carbocycles. The number of carbonyl (C=O) groups excluding carboxylic acids is 1. The van der Waals surface area contributed by atoms with Gasteiger partial charge in [-0.3, -0.25) is 4.79 Å². The fourth-order valence-corrected chi connectivity index (χ4v) is 0.628. The summed E-state index contributed by atoms with van der Waals surface area (Å²) in [5.74, 6) is -0.906. The molecule has 0 spiro atoms. The molecule has 0 saturated heterocycles. The third kappa shape index (κ3) is 5.88. The molecule has 0 aliphatic rings. The smallest absolute Gasteiger partial charge is 0.299 e. The Morgan fingerprint density at radius 3 is 2.20 bits per heavy atom. The zero-order valence-corrected chi connectivity index (χ0v) is 5.80. The summed E-state index contributed by atoms with van der Waals surface area (Å²) in [7, 11) is 0. The molecule has 0 rings (SSSR count). The molecule has 0 aliphatic heterocycles. The van der Waals surface area contributed by atoms with Crippen LogP contribution < -0.4 is 0 Å². The first-order chi connectivity index (χ1) is 4.45. The van der Waals surface area contributed by atoms with Crippen LogP contribution in [0.3, 0.4) is 0 Å². The van der Waals surface area contributed by atoms with Crippen molar-refractivity contribution >= 4 is 17.4 Å². The van der Waals surface area contributed by atoms with E-state index in [1.165, 1.54) is 0 Å². The van der Waals surface area contributed by atoms with E-state index in [0.717, 1.165) is 0 Å². The molecule has 0 fully saturated rings. The van der Waals surface area contributed by atoms with E-state index in [-0.39, 0.29) is 12.3 Å². The van der Waals surface area contributed by atoms with Crippen LogP contribution in [0.25, 0.3) is 0 Å². The average molecular weight is 175 g/mol. The Hall–Kier alpha value is -0.250. The van der Waals surface area contributed by atoms with Crippen LogP contribution in [0, 0.1) is 0 Å². The predicted octanol–water partition coefficient (Wildman–Crippen LogP) is 2.14. The van der Waals surface area contributed by atoms with Gasteiger partial charge in [0.2, 0.25) is 0 Å². The van der Waals surface area contributed by atoms with E-state index in [4.69, 9.17) is 11.6 Å². The topological polar surface area (TPSA) is 17.1 Å². The molecule has 1 nitrogen and oxygen atoms in total. The fraction of sp³-hybridized carbons (Fsp3) is 0.800. The maximum atomic E-state index is 11.4. The Bertz CT molecular complexity index is 121. The minimum atomic E-state index is -4.39. The van der Waals surface area contributed by atoms with Crippen LogP contribution in [0.4, 0.5) is 13.2 Å². The number of alkyl halides is 4. The normalized spacial score (nSPS) is 11.6. The van der Waals surface area contributed by atoms with Crippen molar-refractivity contribution in [2.45, 2.75) is 19.0 Å². The second kappa shape index (κ2) is 3.81. The lowest BCUT2D eigenvalue weighted by molar-refractivity contribution is -0.151. The highest BCUT2D eigenvalue weighted by atomic mass is 35.5. The van der Waals surface area contributed by atoms with Crippen LogP contribution in [0.2, 0.25) is 0 Å². The van der Waals surface area contributed by atoms with E-state index in [0.29, 0.717) is 0 Å². The third-order valence-electron chi connectivity index (χ3n) is 0.771. The Labute approximate surface area is 61.2 Å². The van der Waals surface area contributed by atoms with Crippen LogP contribution >= 0.6 is 11.6 Å². The number of rotatable bonds is 3. The molecule has 0 N–H and O–H groups in total. The van der Waals surface area contributed by atoms with Gasteiger partial charge in [-0.1, -0.05) is 0 Å². The van der Waals surface area contributed by atoms with Gasteiger partial charge in [0, 0.05) is 12.3 Å². The first-order valence-corrected chi connectivity index (χ1v) is 3.13. The van der Waals surface area contributed by atoms with Crippen molar-refractivity contribution < 1.29 is 18.0 Å². The predicted molar refractivity (Wildman–Crippen MR) is 31.0 cm³/mol. The van der Waals surface area contributed by atoms with Gasteiger partial charge >= 0.3 is 6.18 Å². The highest BCUT2D eigenvalue weighted by Crippen LogP contribution is 2.20. The second-order valence-corrected chi connectivity index (χ2v) is 2.15. The monoisotopic (exact) mass is 174 g/mol. The molecule has 60 valence electrons. The van der Waals surface area contributed by atoms with Crippen molar-refractivity contribution in [3.8, 4) is 0 Å². The maximum absolute atomic E-state index is 11.4. The van der Waals surface area contributed by atoms with Crippen molar-refractivity contribution in [2.75, 3.05) is 5.88 Å². The lowest BCUT2D eigenvalue weighted by Gasteiger charge is -2.02. The molecular weight excluding hydrogens is 169 g/mol. The molecule has 5 heteroatoms.